The molecule has 0 saturated heterocycles. The van der Waals surface area contributed by atoms with Crippen molar-refractivity contribution in [1.29, 1.82) is 0 Å². The van der Waals surface area contributed by atoms with Gasteiger partial charge >= 0.3 is 18.2 Å². The van der Waals surface area contributed by atoms with Gasteiger partial charge in [-0.3, -0.25) is 4.90 Å². The predicted octanol–water partition coefficient (Wildman–Crippen LogP) is 3.93. The van der Waals surface area contributed by atoms with Crippen LogP contribution in [0.4, 0.5) is 29.3 Å². The van der Waals surface area contributed by atoms with E-state index in [4.69, 9.17) is 11.6 Å². The van der Waals surface area contributed by atoms with Gasteiger partial charge in [-0.2, -0.15) is 13.2 Å². The van der Waals surface area contributed by atoms with Crippen molar-refractivity contribution in [2.24, 2.45) is 0 Å². The highest BCUT2D eigenvalue weighted by Crippen LogP contribution is 2.40. The number of anilines is 2. The molecule has 10 heteroatoms. The summed E-state index contributed by atoms with van der Waals surface area (Å²) in [4.78, 5) is 25.0. The van der Waals surface area contributed by atoms with Crippen LogP contribution in [0.2, 0.25) is 5.02 Å². The van der Waals surface area contributed by atoms with E-state index in [9.17, 15) is 27.9 Å². The Balaban J connectivity index is 2.23. The average Bonchev–Trinajstić information content (AvgIpc) is 2.67. The number of urea groups is 1. The van der Waals surface area contributed by atoms with E-state index in [1.54, 1.807) is 24.3 Å². The summed E-state index contributed by atoms with van der Waals surface area (Å²) >= 11 is 5.77. The van der Waals surface area contributed by atoms with Gasteiger partial charge in [-0.1, -0.05) is 23.7 Å². The number of aliphatic hydroxyl groups is 1. The molecular formula is C18H16ClF3N2O4. The zero-order valence-corrected chi connectivity index (χ0v) is 15.5. The molecular weight excluding hydrogens is 401 g/mol. The van der Waals surface area contributed by atoms with Crippen LogP contribution in [0.1, 0.15) is 5.56 Å². The fraction of sp³-hybridized carbons (Fsp3) is 0.222. The zero-order chi connectivity index (χ0) is 21.1. The lowest BCUT2D eigenvalue weighted by atomic mass is 9.93. The first-order valence-electron chi connectivity index (χ1n) is 7.79. The molecule has 0 heterocycles. The number of rotatable bonds is 4. The third kappa shape index (κ3) is 4.20. The van der Waals surface area contributed by atoms with Gasteiger partial charge in [0.05, 0.1) is 7.11 Å². The lowest BCUT2D eigenvalue weighted by Gasteiger charge is -2.28. The number of esters is 1. The van der Waals surface area contributed by atoms with Crippen molar-refractivity contribution >= 4 is 35.0 Å². The van der Waals surface area contributed by atoms with E-state index in [1.807, 2.05) is 0 Å². The number of methoxy groups -OCH3 is 1. The van der Waals surface area contributed by atoms with Gasteiger partial charge in [-0.05, 0) is 36.4 Å². The van der Waals surface area contributed by atoms with Gasteiger partial charge in [-0.15, -0.1) is 0 Å². The molecule has 2 aromatic rings. The minimum atomic E-state index is -5.29. The Kier molecular flexibility index (Phi) is 6.20. The smallest absolute Gasteiger partial charge is 0.432 e. The number of alkyl halides is 3. The molecule has 2 amide bonds. The molecule has 2 N–H and O–H groups in total. The summed E-state index contributed by atoms with van der Waals surface area (Å²) in [7, 11) is 2.14. The number of nitrogens with zero attached hydrogens (tertiary/aromatic N) is 1. The first-order valence-corrected chi connectivity index (χ1v) is 8.17. The van der Waals surface area contributed by atoms with Crippen molar-refractivity contribution in [2.75, 3.05) is 24.4 Å². The summed E-state index contributed by atoms with van der Waals surface area (Å²) in [5, 5.41) is 13.0. The minimum absolute atomic E-state index is 0.226. The number of hydrogen-bond donors (Lipinski definition) is 2. The fourth-order valence-electron chi connectivity index (χ4n) is 2.33. The van der Waals surface area contributed by atoms with E-state index in [0.717, 1.165) is 36.3 Å². The van der Waals surface area contributed by atoms with Crippen LogP contribution in [0.25, 0.3) is 0 Å². The molecule has 0 fully saturated rings. The van der Waals surface area contributed by atoms with Gasteiger partial charge in [-0.25, -0.2) is 9.59 Å². The molecule has 0 saturated carbocycles. The Morgan fingerprint density at radius 2 is 1.61 bits per heavy atom. The van der Waals surface area contributed by atoms with E-state index in [1.165, 1.54) is 7.05 Å². The van der Waals surface area contributed by atoms with Crippen molar-refractivity contribution in [3.8, 4) is 0 Å². The molecule has 2 rings (SSSR count). The quantitative estimate of drug-likeness (QED) is 0.740. The molecule has 0 spiro atoms. The topological polar surface area (TPSA) is 78.9 Å². The number of carbonyl (C=O) groups is 2. The number of amides is 2. The van der Waals surface area contributed by atoms with Crippen molar-refractivity contribution in [3.05, 3.63) is 59.1 Å². The van der Waals surface area contributed by atoms with Crippen LogP contribution in [0, 0.1) is 0 Å². The number of halogens is 4. The maximum absolute atomic E-state index is 13.3. The van der Waals surface area contributed by atoms with Gasteiger partial charge in [0.25, 0.3) is 5.60 Å². The molecule has 0 aromatic heterocycles. The van der Waals surface area contributed by atoms with Crippen molar-refractivity contribution < 1.29 is 32.6 Å². The number of hydrogen-bond acceptors (Lipinski definition) is 4. The molecule has 0 aliphatic rings. The van der Waals surface area contributed by atoms with E-state index in [-0.39, 0.29) is 5.69 Å². The number of nitrogens with one attached hydrogen (secondary N) is 1. The van der Waals surface area contributed by atoms with Crippen LogP contribution in [0.5, 0.6) is 0 Å². The highest BCUT2D eigenvalue weighted by Gasteiger charge is 2.62. The Bertz CT molecular complexity index is 857. The highest BCUT2D eigenvalue weighted by molar-refractivity contribution is 6.30. The van der Waals surface area contributed by atoms with Gasteiger partial charge < -0.3 is 15.2 Å². The molecule has 0 unspecified atom stereocenters. The van der Waals surface area contributed by atoms with Crippen molar-refractivity contribution in [1.82, 2.24) is 0 Å². The zero-order valence-electron chi connectivity index (χ0n) is 14.7. The maximum atomic E-state index is 13.3. The van der Waals surface area contributed by atoms with Crippen molar-refractivity contribution in [3.63, 3.8) is 0 Å². The number of ether oxygens (including phenoxy) is 1. The summed E-state index contributed by atoms with van der Waals surface area (Å²) in [6, 6.07) is 9.88. The van der Waals surface area contributed by atoms with Crippen LogP contribution in [-0.4, -0.2) is 37.4 Å². The lowest BCUT2D eigenvalue weighted by molar-refractivity contribution is -0.266. The highest BCUT2D eigenvalue weighted by atomic mass is 35.5. The fourth-order valence-corrected chi connectivity index (χ4v) is 2.45. The Labute approximate surface area is 163 Å². The van der Waals surface area contributed by atoms with Crippen LogP contribution in [0.15, 0.2) is 48.5 Å². The average molecular weight is 417 g/mol. The summed E-state index contributed by atoms with van der Waals surface area (Å²) < 4.78 is 43.8. The number of benzene rings is 2. The third-order valence-corrected chi connectivity index (χ3v) is 4.22. The first kappa shape index (κ1) is 21.5. The van der Waals surface area contributed by atoms with Crippen LogP contribution in [-0.2, 0) is 15.1 Å². The van der Waals surface area contributed by atoms with Crippen LogP contribution >= 0.6 is 11.6 Å². The van der Waals surface area contributed by atoms with Crippen LogP contribution < -0.4 is 10.2 Å². The minimum Gasteiger partial charge on any atom is -0.466 e. The second kappa shape index (κ2) is 8.07. The van der Waals surface area contributed by atoms with Crippen LogP contribution in [0.3, 0.4) is 0 Å². The maximum Gasteiger partial charge on any atom is 0.432 e. The molecule has 28 heavy (non-hydrogen) atoms. The van der Waals surface area contributed by atoms with E-state index in [2.05, 4.69) is 10.1 Å². The normalized spacial score (nSPS) is 13.4. The monoisotopic (exact) mass is 416 g/mol. The first-order chi connectivity index (χ1) is 13.0. The second-order valence-corrected chi connectivity index (χ2v) is 6.18. The van der Waals surface area contributed by atoms with E-state index < -0.39 is 29.3 Å². The molecule has 0 aliphatic carbocycles. The summed E-state index contributed by atoms with van der Waals surface area (Å²) in [5.41, 5.74) is -3.86. The summed E-state index contributed by atoms with van der Waals surface area (Å²) in [5.74, 6) is -1.86. The van der Waals surface area contributed by atoms with E-state index >= 15 is 0 Å². The SMILES string of the molecule is COC(=O)[C@](O)(c1ccc(N(C)C(=O)Nc2ccc(Cl)cc2)cc1)C(F)(F)F. The molecule has 0 bridgehead atoms. The molecule has 6 nitrogen and oxygen atoms in total. The Morgan fingerprint density at radius 1 is 1.07 bits per heavy atom. The van der Waals surface area contributed by atoms with Gasteiger partial charge in [0.15, 0.2) is 0 Å². The standard InChI is InChI=1S/C18H16ClF3N2O4/c1-24(16(26)23-13-7-5-12(19)6-8-13)14-9-3-11(4-10-14)17(27,15(25)28-2)18(20,21)22/h3-10,27H,1-2H3,(H,23,26)/t17-/m1/s1. The van der Waals surface area contributed by atoms with E-state index in [0.29, 0.717) is 10.7 Å². The molecule has 150 valence electrons. The third-order valence-electron chi connectivity index (χ3n) is 3.96. The largest absolute Gasteiger partial charge is 0.466 e. The molecule has 1 atom stereocenters. The van der Waals surface area contributed by atoms with Gasteiger partial charge in [0.1, 0.15) is 0 Å². The second-order valence-electron chi connectivity index (χ2n) is 5.74. The lowest BCUT2D eigenvalue weighted by Crippen LogP contribution is -2.49. The predicted molar refractivity (Wildman–Crippen MR) is 97.3 cm³/mol. The van der Waals surface area contributed by atoms with Gasteiger partial charge in [0, 0.05) is 29.0 Å². The molecule has 2 aromatic carbocycles. The summed E-state index contributed by atoms with van der Waals surface area (Å²) in [6.07, 6.45) is -5.29. The molecule has 0 aliphatic heterocycles. The van der Waals surface area contributed by atoms with Crippen molar-refractivity contribution in [2.45, 2.75) is 11.8 Å². The molecule has 0 radical (unpaired) electrons. The van der Waals surface area contributed by atoms with Gasteiger partial charge in [0.2, 0.25) is 0 Å². The Hall–Kier alpha value is -2.78. The Morgan fingerprint density at radius 3 is 2.07 bits per heavy atom. The number of carbonyl (C=O) groups excluding carboxylic acids is 2. The summed E-state index contributed by atoms with van der Waals surface area (Å²) in [6.45, 7) is 0.